The van der Waals surface area contributed by atoms with E-state index in [1.54, 1.807) is 12.1 Å². The van der Waals surface area contributed by atoms with Gasteiger partial charge in [-0.15, -0.1) is 5.10 Å². The molecule has 4 aromatic rings. The molecule has 7 nitrogen and oxygen atoms in total. The number of rotatable bonds is 12. The van der Waals surface area contributed by atoms with E-state index in [4.69, 9.17) is 21.5 Å². The summed E-state index contributed by atoms with van der Waals surface area (Å²) in [6.45, 7) is 7.12. The third-order valence-electron chi connectivity index (χ3n) is 7.57. The van der Waals surface area contributed by atoms with Gasteiger partial charge in [0.25, 0.3) is 5.91 Å². The van der Waals surface area contributed by atoms with Gasteiger partial charge in [0.1, 0.15) is 12.4 Å². The summed E-state index contributed by atoms with van der Waals surface area (Å²) in [5.74, 6) is 0.447. The number of allylic oxidation sites excluding steroid dienone is 1. The number of nitrogens with one attached hydrogen (secondary N) is 1. The van der Waals surface area contributed by atoms with Gasteiger partial charge in [0.05, 0.1) is 11.6 Å². The summed E-state index contributed by atoms with van der Waals surface area (Å²) in [5, 5.41) is 12.7. The third-order valence-corrected chi connectivity index (χ3v) is 7.57. The SMILES string of the molecule is CC(C)(C)c1ccc(COc2ccccc2C=CC(CCc2ccc(C#N)cc2)Cc2ccc(C(=O)NN=C(N)N)cc2)cc1. The Balaban J connectivity index is 1.49. The molecule has 4 aromatic carbocycles. The topological polar surface area (TPSA) is 127 Å². The van der Waals surface area contributed by atoms with Crippen molar-refractivity contribution in [1.29, 1.82) is 5.26 Å². The molecule has 0 radical (unpaired) electrons. The molecule has 0 saturated heterocycles. The van der Waals surface area contributed by atoms with Crippen molar-refractivity contribution in [2.24, 2.45) is 22.5 Å². The summed E-state index contributed by atoms with van der Waals surface area (Å²) in [5.41, 5.74) is 19.9. The van der Waals surface area contributed by atoms with Crippen LogP contribution in [0.3, 0.4) is 0 Å². The molecule has 0 aliphatic rings. The zero-order chi connectivity index (χ0) is 32.2. The average molecular weight is 600 g/mol. The van der Waals surface area contributed by atoms with E-state index in [1.165, 1.54) is 11.1 Å². The zero-order valence-corrected chi connectivity index (χ0v) is 26.2. The number of carbonyl (C=O) groups is 1. The molecule has 0 saturated carbocycles. The molecule has 5 N–H and O–H groups in total. The Morgan fingerprint density at radius 3 is 2.20 bits per heavy atom. The van der Waals surface area contributed by atoms with Gasteiger partial charge in [0.2, 0.25) is 5.96 Å². The number of nitrogens with two attached hydrogens (primary N) is 2. The van der Waals surface area contributed by atoms with Gasteiger partial charge in [-0.3, -0.25) is 4.79 Å². The summed E-state index contributed by atoms with van der Waals surface area (Å²) < 4.78 is 6.28. The van der Waals surface area contributed by atoms with Gasteiger partial charge in [0, 0.05) is 11.1 Å². The molecule has 0 bridgehead atoms. The quantitative estimate of drug-likeness (QED) is 0.0932. The zero-order valence-electron chi connectivity index (χ0n) is 26.2. The largest absolute Gasteiger partial charge is 0.488 e. The van der Waals surface area contributed by atoms with Crippen molar-refractivity contribution in [1.82, 2.24) is 5.43 Å². The van der Waals surface area contributed by atoms with E-state index in [0.29, 0.717) is 17.7 Å². The highest BCUT2D eigenvalue weighted by Crippen LogP contribution is 2.26. The minimum Gasteiger partial charge on any atom is -0.488 e. The number of carbonyl (C=O) groups excluding carboxylic acids is 1. The van der Waals surface area contributed by atoms with Crippen molar-refractivity contribution in [3.8, 4) is 11.8 Å². The Labute approximate surface area is 266 Å². The Bertz CT molecular complexity index is 1660. The molecular formula is C38H41N5O2. The van der Waals surface area contributed by atoms with Crippen LogP contribution < -0.4 is 21.6 Å². The van der Waals surface area contributed by atoms with Crippen LogP contribution >= 0.6 is 0 Å². The molecule has 0 fully saturated rings. The van der Waals surface area contributed by atoms with Gasteiger partial charge < -0.3 is 16.2 Å². The standard InChI is InChI=1S/C38H41N5O2/c1-38(2,3)34-22-17-31(18-23-34)26-45-35-7-5-4-6-32(35)19-14-28(11-8-27-9-12-30(25-39)13-10-27)24-29-15-20-33(21-16-29)36(44)42-43-37(40)41/h4-7,9-10,12-23,28H,8,11,24,26H2,1-3H3,(H,42,44)(H4,40,41,43). The maximum absolute atomic E-state index is 12.3. The highest BCUT2D eigenvalue weighted by atomic mass is 16.5. The van der Waals surface area contributed by atoms with Crippen LogP contribution in [0.5, 0.6) is 5.75 Å². The number of amides is 1. The van der Waals surface area contributed by atoms with E-state index in [9.17, 15) is 4.79 Å². The van der Waals surface area contributed by atoms with E-state index in [1.807, 2.05) is 54.6 Å². The van der Waals surface area contributed by atoms with Crippen LogP contribution in [-0.2, 0) is 24.9 Å². The van der Waals surface area contributed by atoms with E-state index < -0.39 is 0 Å². The van der Waals surface area contributed by atoms with Crippen molar-refractivity contribution >= 4 is 17.9 Å². The number of para-hydroxylation sites is 1. The third kappa shape index (κ3) is 10.1. The smallest absolute Gasteiger partial charge is 0.271 e. The van der Waals surface area contributed by atoms with Crippen LogP contribution in [0.2, 0.25) is 0 Å². The van der Waals surface area contributed by atoms with Crippen LogP contribution in [0, 0.1) is 17.2 Å². The Morgan fingerprint density at radius 1 is 0.911 bits per heavy atom. The summed E-state index contributed by atoms with van der Waals surface area (Å²) in [6.07, 6.45) is 6.92. The van der Waals surface area contributed by atoms with Crippen LogP contribution in [0.25, 0.3) is 6.08 Å². The van der Waals surface area contributed by atoms with Crippen LogP contribution in [-0.4, -0.2) is 11.9 Å². The number of hydrogen-bond acceptors (Lipinski definition) is 4. The predicted molar refractivity (Wildman–Crippen MR) is 181 cm³/mol. The molecular weight excluding hydrogens is 558 g/mol. The Kier molecular flexibility index (Phi) is 11.1. The highest BCUT2D eigenvalue weighted by molar-refractivity contribution is 5.94. The number of benzene rings is 4. The maximum atomic E-state index is 12.3. The molecule has 1 unspecified atom stereocenters. The fourth-order valence-electron chi connectivity index (χ4n) is 4.89. The molecule has 1 amide bonds. The summed E-state index contributed by atoms with van der Waals surface area (Å²) in [7, 11) is 0. The summed E-state index contributed by atoms with van der Waals surface area (Å²) >= 11 is 0. The van der Waals surface area contributed by atoms with E-state index in [0.717, 1.165) is 41.7 Å². The van der Waals surface area contributed by atoms with Gasteiger partial charge in [-0.05, 0) is 83.2 Å². The molecule has 45 heavy (non-hydrogen) atoms. The maximum Gasteiger partial charge on any atom is 0.271 e. The van der Waals surface area contributed by atoms with Gasteiger partial charge >= 0.3 is 0 Å². The monoisotopic (exact) mass is 599 g/mol. The number of ether oxygens (including phenoxy) is 1. The van der Waals surface area contributed by atoms with Crippen molar-refractivity contribution in [2.45, 2.75) is 52.1 Å². The van der Waals surface area contributed by atoms with E-state index >= 15 is 0 Å². The van der Waals surface area contributed by atoms with Crippen LogP contribution in [0.15, 0.2) is 108 Å². The number of hydrogen-bond donors (Lipinski definition) is 3. The van der Waals surface area contributed by atoms with Crippen molar-refractivity contribution in [3.63, 3.8) is 0 Å². The number of aryl methyl sites for hydroxylation is 1. The second-order valence-electron chi connectivity index (χ2n) is 12.1. The minimum absolute atomic E-state index is 0.110. The molecule has 0 aliphatic carbocycles. The molecule has 0 aliphatic heterocycles. The van der Waals surface area contributed by atoms with E-state index in [2.05, 4.69) is 79.9 Å². The first-order valence-corrected chi connectivity index (χ1v) is 15.1. The van der Waals surface area contributed by atoms with Crippen molar-refractivity contribution in [2.75, 3.05) is 0 Å². The molecule has 7 heteroatoms. The first kappa shape index (κ1) is 32.6. The first-order valence-electron chi connectivity index (χ1n) is 15.1. The van der Waals surface area contributed by atoms with Crippen LogP contribution in [0.4, 0.5) is 0 Å². The fourth-order valence-corrected chi connectivity index (χ4v) is 4.89. The van der Waals surface area contributed by atoms with Gasteiger partial charge in [-0.25, -0.2) is 5.43 Å². The molecule has 0 heterocycles. The fraction of sp³-hybridized carbons (Fsp3) is 0.237. The molecule has 0 aromatic heterocycles. The normalized spacial score (nSPS) is 11.9. The average Bonchev–Trinajstić information content (AvgIpc) is 3.04. The number of hydrazone groups is 1. The molecule has 4 rings (SSSR count). The van der Waals surface area contributed by atoms with Gasteiger partial charge in [-0.2, -0.15) is 5.26 Å². The Morgan fingerprint density at radius 2 is 1.56 bits per heavy atom. The predicted octanol–water partition coefficient (Wildman–Crippen LogP) is 6.86. The lowest BCUT2D eigenvalue weighted by Crippen LogP contribution is -2.29. The lowest BCUT2D eigenvalue weighted by atomic mass is 9.87. The van der Waals surface area contributed by atoms with Crippen molar-refractivity contribution in [3.05, 3.63) is 142 Å². The van der Waals surface area contributed by atoms with Crippen LogP contribution in [0.1, 0.15) is 70.9 Å². The lowest BCUT2D eigenvalue weighted by Gasteiger charge is -2.19. The minimum atomic E-state index is -0.381. The lowest BCUT2D eigenvalue weighted by molar-refractivity contribution is 0.0954. The molecule has 230 valence electrons. The first-order chi connectivity index (χ1) is 21.6. The Hall–Kier alpha value is -5.35. The molecule has 1 atom stereocenters. The highest BCUT2D eigenvalue weighted by Gasteiger charge is 2.13. The number of nitriles is 1. The summed E-state index contributed by atoms with van der Waals surface area (Å²) in [6, 6.07) is 34.1. The second-order valence-corrected chi connectivity index (χ2v) is 12.1. The second kappa shape index (κ2) is 15.4. The number of nitrogens with zero attached hydrogens (tertiary/aromatic N) is 2. The van der Waals surface area contributed by atoms with E-state index in [-0.39, 0.29) is 23.2 Å². The summed E-state index contributed by atoms with van der Waals surface area (Å²) in [4.78, 5) is 12.3. The van der Waals surface area contributed by atoms with Crippen molar-refractivity contribution < 1.29 is 9.53 Å². The van der Waals surface area contributed by atoms with Gasteiger partial charge in [-0.1, -0.05) is 99.7 Å². The number of guanidine groups is 1. The molecule has 0 spiro atoms. The van der Waals surface area contributed by atoms with Gasteiger partial charge in [0.15, 0.2) is 0 Å².